The minimum atomic E-state index is -4.50. The summed E-state index contributed by atoms with van der Waals surface area (Å²) >= 11 is 1.56. The summed E-state index contributed by atoms with van der Waals surface area (Å²) in [6.07, 6.45) is -4.19. The lowest BCUT2D eigenvalue weighted by Gasteiger charge is -2.19. The Hall–Kier alpha value is -3.13. The molecular formula is C25H23F3O4S. The maximum Gasteiger partial charge on any atom is 0.416 e. The number of aliphatic carboxylic acids is 1. The summed E-state index contributed by atoms with van der Waals surface area (Å²) < 4.78 is 51.2. The Labute approximate surface area is 194 Å². The number of hydrogen-bond acceptors (Lipinski definition) is 4. The summed E-state index contributed by atoms with van der Waals surface area (Å²) in [6, 6.07) is 19.1. The Morgan fingerprint density at radius 3 is 2.45 bits per heavy atom. The number of hydrogen-bond donors (Lipinski definition) is 1. The highest BCUT2D eigenvalue weighted by Crippen LogP contribution is 2.39. The van der Waals surface area contributed by atoms with Crippen molar-refractivity contribution in [2.24, 2.45) is 0 Å². The quantitative estimate of drug-likeness (QED) is 0.317. The van der Waals surface area contributed by atoms with Gasteiger partial charge in [0.2, 0.25) is 0 Å². The summed E-state index contributed by atoms with van der Waals surface area (Å²) in [5.41, 5.74) is -0.0884. The maximum absolute atomic E-state index is 13.2. The molecule has 0 radical (unpaired) electrons. The van der Waals surface area contributed by atoms with Gasteiger partial charge < -0.3 is 14.6 Å². The van der Waals surface area contributed by atoms with E-state index in [4.69, 9.17) is 14.6 Å². The van der Waals surface area contributed by atoms with E-state index in [9.17, 15) is 18.0 Å². The fourth-order valence-electron chi connectivity index (χ4n) is 3.02. The molecule has 33 heavy (non-hydrogen) atoms. The van der Waals surface area contributed by atoms with Crippen LogP contribution < -0.4 is 9.47 Å². The highest BCUT2D eigenvalue weighted by molar-refractivity contribution is 7.99. The number of para-hydroxylation sites is 1. The van der Waals surface area contributed by atoms with Crippen molar-refractivity contribution in [1.82, 2.24) is 0 Å². The van der Waals surface area contributed by atoms with Gasteiger partial charge in [0, 0.05) is 10.6 Å². The molecule has 3 rings (SSSR count). The van der Waals surface area contributed by atoms with Gasteiger partial charge in [-0.25, -0.2) is 0 Å². The first kappa shape index (κ1) is 24.5. The number of carbonyl (C=O) groups is 1. The Bertz CT molecular complexity index is 1070. The van der Waals surface area contributed by atoms with Crippen LogP contribution in [0.3, 0.4) is 0 Å². The van der Waals surface area contributed by atoms with E-state index in [0.29, 0.717) is 17.9 Å². The lowest BCUT2D eigenvalue weighted by Crippen LogP contribution is -2.14. The van der Waals surface area contributed by atoms with Crippen molar-refractivity contribution >= 4 is 17.7 Å². The van der Waals surface area contributed by atoms with Gasteiger partial charge in [-0.15, -0.1) is 11.8 Å². The molecule has 0 fully saturated rings. The van der Waals surface area contributed by atoms with Gasteiger partial charge in [-0.2, -0.15) is 13.2 Å². The van der Waals surface area contributed by atoms with Gasteiger partial charge in [0.05, 0.1) is 18.1 Å². The first-order valence-electron chi connectivity index (χ1n) is 10.2. The summed E-state index contributed by atoms with van der Waals surface area (Å²) in [6.45, 7) is 1.84. The molecule has 174 valence electrons. The van der Waals surface area contributed by atoms with Crippen LogP contribution in [0.5, 0.6) is 17.2 Å². The smallest absolute Gasteiger partial charge is 0.416 e. The molecule has 1 N–H and O–H groups in total. The monoisotopic (exact) mass is 476 g/mol. The van der Waals surface area contributed by atoms with Crippen LogP contribution >= 0.6 is 11.8 Å². The molecule has 3 aromatic carbocycles. The predicted molar refractivity (Wildman–Crippen MR) is 121 cm³/mol. The average molecular weight is 477 g/mol. The first-order valence-corrected chi connectivity index (χ1v) is 11.2. The van der Waals surface area contributed by atoms with Crippen LogP contribution in [0.2, 0.25) is 0 Å². The summed E-state index contributed by atoms with van der Waals surface area (Å²) in [4.78, 5) is 11.8. The Balaban J connectivity index is 1.64. The molecule has 0 unspecified atom stereocenters. The molecule has 0 aliphatic rings. The predicted octanol–water partition coefficient (Wildman–Crippen LogP) is 7.07. The van der Waals surface area contributed by atoms with Gasteiger partial charge in [0.1, 0.15) is 5.75 Å². The number of halogens is 3. The topological polar surface area (TPSA) is 55.8 Å². The van der Waals surface area contributed by atoms with Gasteiger partial charge in [0.25, 0.3) is 0 Å². The standard InChI is InChI=1S/C25H23F3O4S/c1-17(12-13-33-21-9-5-6-18(14-21)15-24(29)30)31-22-11-10-19(25(26,27)28)16-23(22)32-20-7-3-2-4-8-20/h2-11,14,16-17H,12-13,15H2,1H3,(H,29,30)/t17-/m1/s1. The minimum Gasteiger partial charge on any atom is -0.487 e. The largest absolute Gasteiger partial charge is 0.487 e. The van der Waals surface area contributed by atoms with E-state index in [1.54, 1.807) is 48.2 Å². The van der Waals surface area contributed by atoms with Crippen LogP contribution in [0.1, 0.15) is 24.5 Å². The third-order valence-electron chi connectivity index (χ3n) is 4.62. The van der Waals surface area contributed by atoms with Gasteiger partial charge in [0.15, 0.2) is 11.5 Å². The van der Waals surface area contributed by atoms with Crippen molar-refractivity contribution < 1.29 is 32.5 Å². The molecule has 1 atom stereocenters. The molecule has 0 bridgehead atoms. The summed E-state index contributed by atoms with van der Waals surface area (Å²) in [7, 11) is 0. The van der Waals surface area contributed by atoms with Crippen molar-refractivity contribution in [2.45, 2.75) is 36.9 Å². The van der Waals surface area contributed by atoms with Gasteiger partial charge in [-0.1, -0.05) is 30.3 Å². The Morgan fingerprint density at radius 1 is 1.00 bits per heavy atom. The number of alkyl halides is 3. The van der Waals surface area contributed by atoms with Crippen LogP contribution in [0, 0.1) is 0 Å². The molecule has 0 aliphatic heterocycles. The molecule has 3 aromatic rings. The van der Waals surface area contributed by atoms with Crippen LogP contribution in [-0.2, 0) is 17.4 Å². The number of benzene rings is 3. The SMILES string of the molecule is C[C@H](CCSc1cccc(CC(=O)O)c1)Oc1ccc(C(F)(F)F)cc1Oc1ccccc1. The van der Waals surface area contributed by atoms with E-state index in [0.717, 1.165) is 22.6 Å². The molecule has 0 aliphatic carbocycles. The molecule has 0 heterocycles. The number of rotatable bonds is 10. The van der Waals surface area contributed by atoms with Crippen molar-refractivity contribution in [3.8, 4) is 17.2 Å². The van der Waals surface area contributed by atoms with Crippen molar-refractivity contribution in [3.05, 3.63) is 83.9 Å². The second-order valence-corrected chi connectivity index (χ2v) is 8.53. The number of carboxylic acids is 1. The molecule has 0 saturated carbocycles. The normalized spacial score (nSPS) is 12.2. The van der Waals surface area contributed by atoms with Crippen LogP contribution in [0.25, 0.3) is 0 Å². The average Bonchev–Trinajstić information content (AvgIpc) is 2.75. The number of thioether (sulfide) groups is 1. The van der Waals surface area contributed by atoms with Crippen LogP contribution in [0.15, 0.2) is 77.7 Å². The highest BCUT2D eigenvalue weighted by Gasteiger charge is 2.31. The molecule has 0 aromatic heterocycles. The molecule has 0 spiro atoms. The van der Waals surface area contributed by atoms with E-state index in [-0.39, 0.29) is 24.0 Å². The van der Waals surface area contributed by atoms with E-state index in [1.165, 1.54) is 6.07 Å². The van der Waals surface area contributed by atoms with Gasteiger partial charge in [-0.3, -0.25) is 4.79 Å². The third-order valence-corrected chi connectivity index (χ3v) is 5.64. The zero-order valence-electron chi connectivity index (χ0n) is 17.8. The Kier molecular flexibility index (Phi) is 8.27. The zero-order chi connectivity index (χ0) is 23.8. The fraction of sp³-hybridized carbons (Fsp3) is 0.240. The summed E-state index contributed by atoms with van der Waals surface area (Å²) in [5, 5.41) is 8.93. The lowest BCUT2D eigenvalue weighted by atomic mass is 10.2. The van der Waals surface area contributed by atoms with Crippen molar-refractivity contribution in [3.63, 3.8) is 0 Å². The summed E-state index contributed by atoms with van der Waals surface area (Å²) in [5.74, 6) is 0.438. The van der Waals surface area contributed by atoms with Crippen molar-refractivity contribution in [1.29, 1.82) is 0 Å². The van der Waals surface area contributed by atoms with Crippen LogP contribution in [0.4, 0.5) is 13.2 Å². The molecular weight excluding hydrogens is 453 g/mol. The maximum atomic E-state index is 13.2. The van der Waals surface area contributed by atoms with Crippen molar-refractivity contribution in [2.75, 3.05) is 5.75 Å². The minimum absolute atomic E-state index is 0.00287. The van der Waals surface area contributed by atoms with E-state index < -0.39 is 17.7 Å². The third kappa shape index (κ3) is 7.75. The molecule has 0 saturated heterocycles. The lowest BCUT2D eigenvalue weighted by molar-refractivity contribution is -0.138. The highest BCUT2D eigenvalue weighted by atomic mass is 32.2. The number of carboxylic acid groups (broad SMARTS) is 1. The second kappa shape index (κ2) is 11.1. The fourth-order valence-corrected chi connectivity index (χ4v) is 4.11. The van der Waals surface area contributed by atoms with Gasteiger partial charge in [-0.05, 0) is 61.4 Å². The van der Waals surface area contributed by atoms with Gasteiger partial charge >= 0.3 is 12.1 Å². The second-order valence-electron chi connectivity index (χ2n) is 7.36. The molecule has 4 nitrogen and oxygen atoms in total. The first-order chi connectivity index (χ1) is 15.7. The van der Waals surface area contributed by atoms with E-state index in [2.05, 4.69) is 0 Å². The Morgan fingerprint density at radius 2 is 1.76 bits per heavy atom. The molecule has 0 amide bonds. The zero-order valence-corrected chi connectivity index (χ0v) is 18.7. The molecule has 8 heteroatoms. The van der Waals surface area contributed by atoms with Crippen LogP contribution in [-0.4, -0.2) is 22.9 Å². The van der Waals surface area contributed by atoms with E-state index in [1.807, 2.05) is 25.1 Å². The number of ether oxygens (including phenoxy) is 2. The van der Waals surface area contributed by atoms with E-state index >= 15 is 0 Å².